The summed E-state index contributed by atoms with van der Waals surface area (Å²) in [6.07, 6.45) is -4.67. The summed E-state index contributed by atoms with van der Waals surface area (Å²) in [5, 5.41) is 11.6. The zero-order chi connectivity index (χ0) is 20.4. The first-order chi connectivity index (χ1) is 12.6. The predicted molar refractivity (Wildman–Crippen MR) is 89.1 cm³/mol. The van der Waals surface area contributed by atoms with Crippen molar-refractivity contribution < 1.29 is 37.3 Å². The lowest BCUT2D eigenvalue weighted by molar-refractivity contribution is -0.139. The maximum atomic E-state index is 13.3. The number of alkyl halides is 3. The van der Waals surface area contributed by atoms with Crippen LogP contribution in [0.1, 0.15) is 11.1 Å². The van der Waals surface area contributed by atoms with E-state index in [-0.39, 0.29) is 48.0 Å². The van der Waals surface area contributed by atoms with Crippen molar-refractivity contribution in [3.05, 3.63) is 34.5 Å². The Labute approximate surface area is 153 Å². The van der Waals surface area contributed by atoms with E-state index in [1.54, 1.807) is 0 Å². The number of aliphatic hydroxyl groups excluding tert-OH is 1. The predicted octanol–water partition coefficient (Wildman–Crippen LogP) is 1.70. The maximum absolute atomic E-state index is 13.3. The molecule has 2 rings (SSSR count). The van der Waals surface area contributed by atoms with Gasteiger partial charge in [-0.3, -0.25) is 4.79 Å². The molecular weight excluding hydrogens is 369 g/mol. The molecule has 0 radical (unpaired) electrons. The Morgan fingerprint density at radius 3 is 2.52 bits per heavy atom. The quantitative estimate of drug-likeness (QED) is 0.722. The van der Waals surface area contributed by atoms with Gasteiger partial charge in [-0.15, -0.1) is 0 Å². The fourth-order valence-electron chi connectivity index (χ4n) is 2.82. The number of carbonyl (C=O) groups is 2. The van der Waals surface area contributed by atoms with Gasteiger partial charge in [0.25, 0.3) is 5.91 Å². The third-order valence-corrected chi connectivity index (χ3v) is 4.01. The summed E-state index contributed by atoms with van der Waals surface area (Å²) in [5.74, 6) is -1.73. The lowest BCUT2D eigenvalue weighted by Crippen LogP contribution is -2.31. The molecule has 0 aromatic heterocycles. The van der Waals surface area contributed by atoms with Crippen LogP contribution in [0.4, 0.5) is 18.9 Å². The van der Waals surface area contributed by atoms with Crippen molar-refractivity contribution in [2.24, 2.45) is 0 Å². The fourth-order valence-corrected chi connectivity index (χ4v) is 2.82. The Morgan fingerprint density at radius 2 is 2.00 bits per heavy atom. The zero-order valence-electron chi connectivity index (χ0n) is 14.9. The number of hydrogen-bond acceptors (Lipinski definition) is 6. The first kappa shape index (κ1) is 20.6. The van der Waals surface area contributed by atoms with Crippen LogP contribution in [-0.2, 0) is 20.5 Å². The Hall–Kier alpha value is -2.75. The van der Waals surface area contributed by atoms with E-state index in [4.69, 9.17) is 9.84 Å². The lowest BCUT2D eigenvalue weighted by Gasteiger charge is -2.18. The largest absolute Gasteiger partial charge is 0.496 e. The van der Waals surface area contributed by atoms with Crippen molar-refractivity contribution >= 4 is 17.6 Å². The number of amides is 1. The van der Waals surface area contributed by atoms with E-state index in [1.165, 1.54) is 17.9 Å². The van der Waals surface area contributed by atoms with Crippen LogP contribution in [0.3, 0.4) is 0 Å². The molecule has 0 fully saturated rings. The molecule has 1 aliphatic rings. The molecule has 0 aliphatic carbocycles. The van der Waals surface area contributed by atoms with Crippen LogP contribution in [0.5, 0.6) is 5.75 Å². The maximum Gasteiger partial charge on any atom is 0.420 e. The summed E-state index contributed by atoms with van der Waals surface area (Å²) in [6.45, 7) is 0.965. The number of hydrogen-bond donors (Lipinski definition) is 2. The average Bonchev–Trinajstić information content (AvgIpc) is 2.90. The molecule has 0 saturated carbocycles. The highest BCUT2D eigenvalue weighted by molar-refractivity contribution is 6.08. The number of esters is 1. The van der Waals surface area contributed by atoms with E-state index in [0.29, 0.717) is 0 Å². The SMILES string of the molecule is COC(=O)C1=C(Nc2cc(C)c(OC)c(C(F)(F)F)c2)C(=O)N(CCO)C1. The summed E-state index contributed by atoms with van der Waals surface area (Å²) in [7, 11) is 2.27. The molecule has 0 atom stereocenters. The van der Waals surface area contributed by atoms with E-state index in [2.05, 4.69) is 10.1 Å². The van der Waals surface area contributed by atoms with Crippen molar-refractivity contribution in [2.45, 2.75) is 13.1 Å². The first-order valence-corrected chi connectivity index (χ1v) is 7.88. The number of halogens is 3. The van der Waals surface area contributed by atoms with Crippen molar-refractivity contribution in [1.82, 2.24) is 4.90 Å². The molecule has 1 aliphatic heterocycles. The summed E-state index contributed by atoms with van der Waals surface area (Å²) < 4.78 is 49.4. The number of methoxy groups -OCH3 is 2. The number of ether oxygens (including phenoxy) is 2. The van der Waals surface area contributed by atoms with E-state index < -0.39 is 23.6 Å². The number of carbonyl (C=O) groups excluding carboxylic acids is 2. The minimum Gasteiger partial charge on any atom is -0.496 e. The highest BCUT2D eigenvalue weighted by Crippen LogP contribution is 2.40. The van der Waals surface area contributed by atoms with Gasteiger partial charge in [0.2, 0.25) is 0 Å². The molecule has 0 bridgehead atoms. The van der Waals surface area contributed by atoms with Gasteiger partial charge >= 0.3 is 12.1 Å². The van der Waals surface area contributed by atoms with E-state index >= 15 is 0 Å². The molecule has 27 heavy (non-hydrogen) atoms. The van der Waals surface area contributed by atoms with Crippen molar-refractivity contribution in [2.75, 3.05) is 39.2 Å². The topological polar surface area (TPSA) is 88.1 Å². The monoisotopic (exact) mass is 388 g/mol. The summed E-state index contributed by atoms with van der Waals surface area (Å²) in [5.41, 5.74) is -1.06. The van der Waals surface area contributed by atoms with Crippen LogP contribution in [0.2, 0.25) is 0 Å². The molecule has 7 nitrogen and oxygen atoms in total. The van der Waals surface area contributed by atoms with Crippen LogP contribution < -0.4 is 10.1 Å². The Morgan fingerprint density at radius 1 is 1.33 bits per heavy atom. The van der Waals surface area contributed by atoms with Gasteiger partial charge in [-0.1, -0.05) is 0 Å². The minimum absolute atomic E-state index is 0.0278. The number of nitrogens with one attached hydrogen (secondary N) is 1. The molecule has 0 saturated heterocycles. The molecule has 0 unspecified atom stereocenters. The molecule has 1 heterocycles. The highest BCUT2D eigenvalue weighted by atomic mass is 19.4. The standard InChI is InChI=1S/C17H19F3N2O5/c1-9-6-10(7-12(14(9)26-2)17(18,19)20)21-13-11(16(25)27-3)8-22(4-5-23)15(13)24/h6-7,21,23H,4-5,8H2,1-3H3. The van der Waals surface area contributed by atoms with Gasteiger partial charge in [-0.2, -0.15) is 13.2 Å². The van der Waals surface area contributed by atoms with Crippen LogP contribution in [0.25, 0.3) is 0 Å². The molecule has 10 heteroatoms. The second-order valence-corrected chi connectivity index (χ2v) is 5.79. The number of rotatable bonds is 6. The van der Waals surface area contributed by atoms with Crippen molar-refractivity contribution in [3.63, 3.8) is 0 Å². The average molecular weight is 388 g/mol. The third kappa shape index (κ3) is 4.16. The molecule has 1 aromatic carbocycles. The van der Waals surface area contributed by atoms with Gasteiger partial charge in [0.05, 0.1) is 38.5 Å². The Bertz CT molecular complexity index is 790. The molecule has 2 N–H and O–H groups in total. The normalized spacial score (nSPS) is 14.6. The fraction of sp³-hybridized carbons (Fsp3) is 0.412. The second kappa shape index (κ2) is 7.87. The number of anilines is 1. The summed E-state index contributed by atoms with van der Waals surface area (Å²) >= 11 is 0. The van der Waals surface area contributed by atoms with Gasteiger partial charge in [0, 0.05) is 12.2 Å². The van der Waals surface area contributed by atoms with Crippen LogP contribution in [0, 0.1) is 6.92 Å². The van der Waals surface area contributed by atoms with E-state index in [1.807, 2.05) is 0 Å². The van der Waals surface area contributed by atoms with Crippen LogP contribution in [-0.4, -0.2) is 55.8 Å². The zero-order valence-corrected chi connectivity index (χ0v) is 14.9. The number of nitrogens with zero attached hydrogens (tertiary/aromatic N) is 1. The molecule has 148 valence electrons. The summed E-state index contributed by atoms with van der Waals surface area (Å²) in [4.78, 5) is 25.6. The number of β-amino-alcohol motifs (C(OH)–C–C–N with tert-alkyl or cyclic N) is 1. The number of aryl methyl sites for hydroxylation is 1. The van der Waals surface area contributed by atoms with Crippen molar-refractivity contribution in [3.8, 4) is 5.75 Å². The van der Waals surface area contributed by atoms with Crippen LogP contribution in [0.15, 0.2) is 23.4 Å². The van der Waals surface area contributed by atoms with Crippen molar-refractivity contribution in [1.29, 1.82) is 0 Å². The van der Waals surface area contributed by atoms with E-state index in [0.717, 1.165) is 20.3 Å². The highest BCUT2D eigenvalue weighted by Gasteiger charge is 2.37. The van der Waals surface area contributed by atoms with Gasteiger partial charge in [0.15, 0.2) is 0 Å². The number of benzene rings is 1. The number of aliphatic hydroxyl groups is 1. The van der Waals surface area contributed by atoms with Gasteiger partial charge in [-0.25, -0.2) is 4.79 Å². The Kier molecular flexibility index (Phi) is 5.99. The van der Waals surface area contributed by atoms with Gasteiger partial charge in [0.1, 0.15) is 11.4 Å². The van der Waals surface area contributed by atoms with E-state index in [9.17, 15) is 22.8 Å². The third-order valence-electron chi connectivity index (χ3n) is 4.01. The summed E-state index contributed by atoms with van der Waals surface area (Å²) in [6, 6.07) is 2.17. The minimum atomic E-state index is -4.67. The smallest absolute Gasteiger partial charge is 0.420 e. The molecule has 1 amide bonds. The molecule has 0 spiro atoms. The lowest BCUT2D eigenvalue weighted by atomic mass is 10.1. The van der Waals surface area contributed by atoms with Gasteiger partial charge in [-0.05, 0) is 24.6 Å². The van der Waals surface area contributed by atoms with Gasteiger partial charge < -0.3 is 24.8 Å². The molecular formula is C17H19F3N2O5. The van der Waals surface area contributed by atoms with Crippen LogP contribution >= 0.6 is 0 Å². The molecule has 1 aromatic rings. The Balaban J connectivity index is 2.48. The first-order valence-electron chi connectivity index (χ1n) is 7.88. The second-order valence-electron chi connectivity index (χ2n) is 5.79.